The van der Waals surface area contributed by atoms with Crippen LogP contribution in [-0.4, -0.2) is 58.5 Å². The number of hydrogen-bond donors (Lipinski definition) is 1. The molecule has 0 aliphatic heterocycles. The fraction of sp³-hybridized carbons (Fsp3) is 0.355. The van der Waals surface area contributed by atoms with Crippen LogP contribution in [-0.2, 0) is 26.2 Å². The van der Waals surface area contributed by atoms with E-state index in [4.69, 9.17) is 9.47 Å². The Morgan fingerprint density at radius 2 is 1.61 bits per heavy atom. The molecule has 0 spiro atoms. The fourth-order valence-electron chi connectivity index (χ4n) is 4.52. The second kappa shape index (κ2) is 14.5. The number of nitrogens with one attached hydrogen (secondary N) is 1. The van der Waals surface area contributed by atoms with E-state index in [0.717, 1.165) is 21.9 Å². The monoisotopic (exact) mass is 581 g/mol. The van der Waals surface area contributed by atoms with E-state index in [1.807, 2.05) is 45.0 Å². The highest BCUT2D eigenvalue weighted by Gasteiger charge is 2.34. The maximum absolute atomic E-state index is 14.1. The van der Waals surface area contributed by atoms with Gasteiger partial charge in [0.25, 0.3) is 10.0 Å². The number of rotatable bonds is 14. The van der Waals surface area contributed by atoms with Gasteiger partial charge >= 0.3 is 0 Å². The summed E-state index contributed by atoms with van der Waals surface area (Å²) in [6.07, 6.45) is 1.11. The number of hydrogen-bond acceptors (Lipinski definition) is 6. The topological polar surface area (TPSA) is 105 Å². The van der Waals surface area contributed by atoms with Crippen LogP contribution in [0.5, 0.6) is 11.5 Å². The number of sulfonamides is 1. The van der Waals surface area contributed by atoms with Gasteiger partial charge in [0.1, 0.15) is 12.6 Å². The summed E-state index contributed by atoms with van der Waals surface area (Å²) in [5, 5.41) is 2.89. The first-order valence-electron chi connectivity index (χ1n) is 13.6. The van der Waals surface area contributed by atoms with Crippen LogP contribution >= 0.6 is 0 Å². The predicted octanol–water partition coefficient (Wildman–Crippen LogP) is 4.54. The Morgan fingerprint density at radius 1 is 0.902 bits per heavy atom. The number of carbonyl (C=O) groups excluding carboxylic acids is 2. The van der Waals surface area contributed by atoms with Gasteiger partial charge < -0.3 is 19.7 Å². The lowest BCUT2D eigenvalue weighted by Gasteiger charge is -2.33. The van der Waals surface area contributed by atoms with Gasteiger partial charge in [0.15, 0.2) is 11.5 Å². The standard InChI is InChI=1S/C31H39N3O6S/c1-6-18-32-31(36)27(7-2)33(21-24-13-11-12-23(3)19-24)30(35)22-34(25-14-9-8-10-15-25)41(37,38)26-16-17-28(39-4)29(20-26)40-5/h8-17,19-20,27H,6-7,18,21-22H2,1-5H3,(H,32,36)/t27-/m0/s1. The Kier molecular flexibility index (Phi) is 11.2. The van der Waals surface area contributed by atoms with E-state index in [-0.39, 0.29) is 23.1 Å². The van der Waals surface area contributed by atoms with Crippen molar-refractivity contribution in [3.05, 3.63) is 83.9 Å². The van der Waals surface area contributed by atoms with Crippen molar-refractivity contribution in [3.63, 3.8) is 0 Å². The second-order valence-corrected chi connectivity index (χ2v) is 11.5. The lowest BCUT2D eigenvalue weighted by Crippen LogP contribution is -2.52. The molecule has 2 amide bonds. The van der Waals surface area contributed by atoms with Gasteiger partial charge in [-0.1, -0.05) is 61.9 Å². The molecule has 0 unspecified atom stereocenters. The van der Waals surface area contributed by atoms with Gasteiger partial charge in [0, 0.05) is 19.2 Å². The van der Waals surface area contributed by atoms with E-state index in [1.165, 1.54) is 37.3 Å². The van der Waals surface area contributed by atoms with E-state index in [9.17, 15) is 18.0 Å². The van der Waals surface area contributed by atoms with Gasteiger partial charge in [0.2, 0.25) is 11.8 Å². The van der Waals surface area contributed by atoms with Crippen molar-refractivity contribution in [1.82, 2.24) is 10.2 Å². The van der Waals surface area contributed by atoms with Gasteiger partial charge in [-0.05, 0) is 49.6 Å². The zero-order valence-electron chi connectivity index (χ0n) is 24.3. The van der Waals surface area contributed by atoms with Crippen molar-refractivity contribution in [1.29, 1.82) is 0 Å². The van der Waals surface area contributed by atoms with E-state index in [1.54, 1.807) is 30.3 Å². The number of amides is 2. The average molecular weight is 582 g/mol. The molecule has 0 aliphatic carbocycles. The fourth-order valence-corrected chi connectivity index (χ4v) is 5.95. The first-order valence-corrected chi connectivity index (χ1v) is 15.0. The van der Waals surface area contributed by atoms with Crippen LogP contribution < -0.4 is 19.1 Å². The van der Waals surface area contributed by atoms with Gasteiger partial charge in [-0.2, -0.15) is 0 Å². The minimum atomic E-state index is -4.24. The largest absolute Gasteiger partial charge is 0.493 e. The van der Waals surface area contributed by atoms with Gasteiger partial charge in [-0.15, -0.1) is 0 Å². The lowest BCUT2D eigenvalue weighted by molar-refractivity contribution is -0.140. The quantitative estimate of drug-likeness (QED) is 0.300. The molecule has 0 radical (unpaired) electrons. The average Bonchev–Trinajstić information content (AvgIpc) is 2.98. The highest BCUT2D eigenvalue weighted by atomic mass is 32.2. The van der Waals surface area contributed by atoms with E-state index < -0.39 is 28.5 Å². The Hall–Kier alpha value is -4.05. The third-order valence-corrected chi connectivity index (χ3v) is 8.41. The molecule has 1 N–H and O–H groups in total. The van der Waals surface area contributed by atoms with Crippen molar-refractivity contribution in [3.8, 4) is 11.5 Å². The van der Waals surface area contributed by atoms with Crippen LogP contribution in [0.15, 0.2) is 77.7 Å². The van der Waals surface area contributed by atoms with Crippen LogP contribution in [0.4, 0.5) is 5.69 Å². The summed E-state index contributed by atoms with van der Waals surface area (Å²) in [5.74, 6) is -0.156. The number of ether oxygens (including phenoxy) is 2. The maximum atomic E-state index is 14.1. The van der Waals surface area contributed by atoms with Crippen LogP contribution in [0, 0.1) is 6.92 Å². The van der Waals surface area contributed by atoms with E-state index >= 15 is 0 Å². The molecule has 0 saturated carbocycles. The molecule has 1 atom stereocenters. The predicted molar refractivity (Wildman–Crippen MR) is 160 cm³/mol. The number of benzene rings is 3. The van der Waals surface area contributed by atoms with Gasteiger partial charge in [-0.25, -0.2) is 8.42 Å². The van der Waals surface area contributed by atoms with Gasteiger partial charge in [-0.3, -0.25) is 13.9 Å². The molecule has 3 aromatic carbocycles. The van der Waals surface area contributed by atoms with E-state index in [0.29, 0.717) is 24.4 Å². The Balaban J connectivity index is 2.06. The highest BCUT2D eigenvalue weighted by molar-refractivity contribution is 7.92. The summed E-state index contributed by atoms with van der Waals surface area (Å²) in [7, 11) is -1.35. The number of carbonyl (C=O) groups is 2. The van der Waals surface area contributed by atoms with Crippen LogP contribution in [0.1, 0.15) is 37.8 Å². The molecule has 0 fully saturated rings. The molecule has 0 heterocycles. The number of nitrogens with zero attached hydrogens (tertiary/aromatic N) is 2. The minimum absolute atomic E-state index is 0.0650. The number of methoxy groups -OCH3 is 2. The lowest BCUT2D eigenvalue weighted by atomic mass is 10.1. The molecule has 9 nitrogen and oxygen atoms in total. The summed E-state index contributed by atoms with van der Waals surface area (Å²) in [4.78, 5) is 28.7. The van der Waals surface area contributed by atoms with Crippen LogP contribution in [0.25, 0.3) is 0 Å². The van der Waals surface area contributed by atoms with Crippen LogP contribution in [0.2, 0.25) is 0 Å². The second-order valence-electron chi connectivity index (χ2n) is 9.59. The first kappa shape index (κ1) is 31.5. The number of aryl methyl sites for hydroxylation is 1. The highest BCUT2D eigenvalue weighted by Crippen LogP contribution is 2.32. The zero-order chi connectivity index (χ0) is 30.0. The zero-order valence-corrected chi connectivity index (χ0v) is 25.1. The summed E-state index contributed by atoms with van der Waals surface area (Å²) >= 11 is 0. The van der Waals surface area contributed by atoms with Crippen molar-refractivity contribution in [2.24, 2.45) is 0 Å². The van der Waals surface area contributed by atoms with Crippen molar-refractivity contribution >= 4 is 27.5 Å². The number of anilines is 1. The molecular weight excluding hydrogens is 542 g/mol. The first-order chi connectivity index (χ1) is 19.7. The third kappa shape index (κ3) is 7.79. The normalized spacial score (nSPS) is 11.8. The Bertz CT molecular complexity index is 1430. The molecule has 0 aliphatic rings. The Labute approximate surface area is 243 Å². The SMILES string of the molecule is CCCNC(=O)[C@H](CC)N(Cc1cccc(C)c1)C(=O)CN(c1ccccc1)S(=O)(=O)c1ccc(OC)c(OC)c1. The number of para-hydroxylation sites is 1. The van der Waals surface area contributed by atoms with Gasteiger partial charge in [0.05, 0.1) is 24.8 Å². The van der Waals surface area contributed by atoms with Crippen molar-refractivity contribution in [2.45, 2.75) is 51.1 Å². The molecule has 220 valence electrons. The molecule has 41 heavy (non-hydrogen) atoms. The van der Waals surface area contributed by atoms with E-state index in [2.05, 4.69) is 5.32 Å². The van der Waals surface area contributed by atoms with Crippen molar-refractivity contribution in [2.75, 3.05) is 31.6 Å². The molecule has 3 rings (SSSR count). The molecule has 0 saturated heterocycles. The minimum Gasteiger partial charge on any atom is -0.493 e. The third-order valence-electron chi connectivity index (χ3n) is 6.64. The maximum Gasteiger partial charge on any atom is 0.264 e. The summed E-state index contributed by atoms with van der Waals surface area (Å²) in [6, 6.07) is 19.6. The van der Waals surface area contributed by atoms with Crippen LogP contribution in [0.3, 0.4) is 0 Å². The molecule has 10 heteroatoms. The molecule has 3 aromatic rings. The Morgan fingerprint density at radius 3 is 2.22 bits per heavy atom. The summed E-state index contributed by atoms with van der Waals surface area (Å²) in [6.45, 7) is 5.86. The van der Waals surface area contributed by atoms with Crippen molar-refractivity contribution < 1.29 is 27.5 Å². The summed E-state index contributed by atoms with van der Waals surface area (Å²) in [5.41, 5.74) is 2.17. The molecular formula is C31H39N3O6S. The summed E-state index contributed by atoms with van der Waals surface area (Å²) < 4.78 is 39.8. The molecule has 0 aromatic heterocycles. The smallest absolute Gasteiger partial charge is 0.264 e. The molecule has 0 bridgehead atoms.